The molecular formula is C27H28N6O3S2. The number of aliphatic hydroxyl groups is 3. The number of fused-ring (bicyclic) bond motifs is 2. The Morgan fingerprint density at radius 3 is 2.26 bits per heavy atom. The number of nitrogens with zero attached hydrogens (tertiary/aromatic N) is 4. The quantitative estimate of drug-likeness (QED) is 0.201. The van der Waals surface area contributed by atoms with Crippen molar-refractivity contribution in [1.29, 1.82) is 0 Å². The maximum absolute atomic E-state index is 10.7. The van der Waals surface area contributed by atoms with Crippen LogP contribution in [0.25, 0.3) is 31.0 Å². The number of hydrogen-bond donors (Lipinski definition) is 5. The lowest BCUT2D eigenvalue weighted by atomic mass is 10.1. The minimum absolute atomic E-state index is 0.134. The molecule has 5 N–H and O–H groups in total. The van der Waals surface area contributed by atoms with Crippen molar-refractivity contribution in [3.63, 3.8) is 0 Å². The molecule has 38 heavy (non-hydrogen) atoms. The highest BCUT2D eigenvalue weighted by Crippen LogP contribution is 2.38. The van der Waals surface area contributed by atoms with E-state index in [2.05, 4.69) is 16.7 Å². The Hall–Kier alpha value is -3.22. The molecule has 0 bridgehead atoms. The molecule has 1 saturated carbocycles. The molecule has 0 saturated heterocycles. The maximum atomic E-state index is 10.7. The van der Waals surface area contributed by atoms with E-state index in [1.807, 2.05) is 56.3 Å². The number of aliphatic hydroxyl groups excluding tert-OH is 3. The zero-order valence-electron chi connectivity index (χ0n) is 20.9. The van der Waals surface area contributed by atoms with Crippen LogP contribution in [0.1, 0.15) is 30.1 Å². The normalized spacial score (nSPS) is 22.2. The third-order valence-corrected chi connectivity index (χ3v) is 9.26. The molecule has 0 radical (unpaired) electrons. The minimum atomic E-state index is -1.04. The Labute approximate surface area is 227 Å². The Balaban J connectivity index is 1.37. The summed E-state index contributed by atoms with van der Waals surface area (Å²) in [5, 5.41) is 39.2. The number of thiazole rings is 2. The zero-order valence-corrected chi connectivity index (χ0v) is 22.5. The number of para-hydroxylation sites is 2. The van der Waals surface area contributed by atoms with Crippen LogP contribution in [0.2, 0.25) is 0 Å². The minimum Gasteiger partial charge on any atom is -0.396 e. The first kappa shape index (κ1) is 25.1. The lowest BCUT2D eigenvalue weighted by molar-refractivity contribution is 0.00446. The summed E-state index contributed by atoms with van der Waals surface area (Å²) >= 11 is 3.18. The Kier molecular flexibility index (Phi) is 6.70. The van der Waals surface area contributed by atoms with Gasteiger partial charge in [-0.1, -0.05) is 24.3 Å². The first-order valence-electron chi connectivity index (χ1n) is 12.5. The van der Waals surface area contributed by atoms with Gasteiger partial charge >= 0.3 is 0 Å². The Bertz CT molecular complexity index is 1540. The van der Waals surface area contributed by atoms with Crippen molar-refractivity contribution in [2.75, 3.05) is 17.2 Å². The molecule has 9 nitrogen and oxygen atoms in total. The van der Waals surface area contributed by atoms with E-state index >= 15 is 0 Å². The van der Waals surface area contributed by atoms with Crippen LogP contribution in [0.15, 0.2) is 48.5 Å². The van der Waals surface area contributed by atoms with Gasteiger partial charge in [0.05, 0.1) is 49.9 Å². The number of benzene rings is 2. The van der Waals surface area contributed by atoms with Gasteiger partial charge in [-0.3, -0.25) is 0 Å². The number of anilines is 2. The van der Waals surface area contributed by atoms with E-state index in [9.17, 15) is 15.3 Å². The van der Waals surface area contributed by atoms with Crippen LogP contribution >= 0.6 is 22.7 Å². The van der Waals surface area contributed by atoms with Crippen molar-refractivity contribution in [2.45, 2.75) is 44.6 Å². The van der Waals surface area contributed by atoms with Crippen molar-refractivity contribution in [2.24, 2.45) is 5.92 Å². The molecule has 0 aliphatic heterocycles. The topological polar surface area (TPSA) is 136 Å². The van der Waals surface area contributed by atoms with Gasteiger partial charge in [0.25, 0.3) is 0 Å². The number of aromatic nitrogens is 4. The highest BCUT2D eigenvalue weighted by Gasteiger charge is 2.41. The smallest absolute Gasteiger partial charge is 0.225 e. The summed E-state index contributed by atoms with van der Waals surface area (Å²) in [5.74, 6) is 0.534. The van der Waals surface area contributed by atoms with Crippen LogP contribution < -0.4 is 10.6 Å². The summed E-state index contributed by atoms with van der Waals surface area (Å²) < 4.78 is 2.17. The fraction of sp³-hybridized carbons (Fsp3) is 0.333. The maximum Gasteiger partial charge on any atom is 0.225 e. The lowest BCUT2D eigenvalue weighted by Crippen LogP contribution is -2.35. The van der Waals surface area contributed by atoms with E-state index in [1.165, 1.54) is 0 Å². The SMILES string of the molecule is Cc1nc(N[C@H](C)c2nc3ccccc3s2)nc(NC2C[C@H](CO)[C@@H](O)[C@H]2O)c1-c1nc2ccccc2s1. The van der Waals surface area contributed by atoms with Gasteiger partial charge in [-0.05, 0) is 44.5 Å². The molecule has 0 amide bonds. The molecule has 1 fully saturated rings. The second kappa shape index (κ2) is 10.2. The highest BCUT2D eigenvalue weighted by molar-refractivity contribution is 7.21. The van der Waals surface area contributed by atoms with Crippen molar-refractivity contribution in [1.82, 2.24) is 19.9 Å². The molecule has 6 rings (SSSR count). The summed E-state index contributed by atoms with van der Waals surface area (Å²) in [6.07, 6.45) is -1.64. The number of rotatable bonds is 7. The molecule has 1 unspecified atom stereocenters. The number of hydrogen-bond acceptors (Lipinski definition) is 11. The van der Waals surface area contributed by atoms with Crippen molar-refractivity contribution >= 4 is 54.9 Å². The van der Waals surface area contributed by atoms with Crippen LogP contribution in [0.3, 0.4) is 0 Å². The summed E-state index contributed by atoms with van der Waals surface area (Å²) in [6.45, 7) is 3.74. The van der Waals surface area contributed by atoms with Gasteiger partial charge in [-0.15, -0.1) is 22.7 Å². The van der Waals surface area contributed by atoms with Crippen molar-refractivity contribution < 1.29 is 15.3 Å². The van der Waals surface area contributed by atoms with Crippen LogP contribution in [-0.4, -0.2) is 60.1 Å². The lowest BCUT2D eigenvalue weighted by Gasteiger charge is -2.22. The molecule has 2 aromatic carbocycles. The monoisotopic (exact) mass is 548 g/mol. The van der Waals surface area contributed by atoms with Crippen LogP contribution in [0.5, 0.6) is 0 Å². The summed E-state index contributed by atoms with van der Waals surface area (Å²) in [6, 6.07) is 15.3. The second-order valence-corrected chi connectivity index (χ2v) is 11.7. The van der Waals surface area contributed by atoms with Crippen LogP contribution in [0, 0.1) is 12.8 Å². The summed E-state index contributed by atoms with van der Waals surface area (Å²) in [5.41, 5.74) is 3.33. The largest absolute Gasteiger partial charge is 0.396 e. The third-order valence-electron chi connectivity index (χ3n) is 6.98. The van der Waals surface area contributed by atoms with Gasteiger partial charge in [-0.2, -0.15) is 4.98 Å². The highest BCUT2D eigenvalue weighted by atomic mass is 32.1. The fourth-order valence-corrected chi connectivity index (χ4v) is 6.97. The van der Waals surface area contributed by atoms with Crippen LogP contribution in [-0.2, 0) is 0 Å². The predicted octanol–water partition coefficient (Wildman–Crippen LogP) is 4.36. The molecule has 1 aliphatic rings. The first-order chi connectivity index (χ1) is 18.4. The van der Waals surface area contributed by atoms with Gasteiger partial charge in [0, 0.05) is 12.5 Å². The first-order valence-corrected chi connectivity index (χ1v) is 14.1. The zero-order chi connectivity index (χ0) is 26.4. The number of aryl methyl sites for hydroxylation is 1. The van der Waals surface area contributed by atoms with Gasteiger partial charge in [0.2, 0.25) is 5.95 Å². The molecule has 0 spiro atoms. The van der Waals surface area contributed by atoms with Gasteiger partial charge < -0.3 is 26.0 Å². The Morgan fingerprint density at radius 2 is 1.61 bits per heavy atom. The van der Waals surface area contributed by atoms with E-state index in [0.717, 1.165) is 41.7 Å². The predicted molar refractivity (Wildman–Crippen MR) is 152 cm³/mol. The second-order valence-electron chi connectivity index (χ2n) is 9.64. The molecule has 1 aliphatic carbocycles. The molecule has 196 valence electrons. The molecule has 5 aromatic rings. The average Bonchev–Trinajstić information content (AvgIpc) is 3.60. The molecule has 3 heterocycles. The molecule has 3 aromatic heterocycles. The van der Waals surface area contributed by atoms with E-state index < -0.39 is 24.2 Å². The van der Waals surface area contributed by atoms with Gasteiger partial charge in [0.1, 0.15) is 21.9 Å². The molecule has 5 atom stereocenters. The molecular weight excluding hydrogens is 520 g/mol. The van der Waals surface area contributed by atoms with Gasteiger partial charge in [0.15, 0.2) is 0 Å². The summed E-state index contributed by atoms with van der Waals surface area (Å²) in [4.78, 5) is 19.2. The van der Waals surface area contributed by atoms with E-state index in [1.54, 1.807) is 22.7 Å². The molecule has 11 heteroatoms. The van der Waals surface area contributed by atoms with Crippen molar-refractivity contribution in [3.05, 3.63) is 59.2 Å². The fourth-order valence-electron chi connectivity index (χ4n) is 4.93. The van der Waals surface area contributed by atoms with E-state index in [-0.39, 0.29) is 12.6 Å². The third kappa shape index (κ3) is 4.61. The van der Waals surface area contributed by atoms with E-state index in [4.69, 9.17) is 19.9 Å². The van der Waals surface area contributed by atoms with E-state index in [0.29, 0.717) is 18.2 Å². The number of nitrogens with one attached hydrogen (secondary N) is 2. The average molecular weight is 549 g/mol. The summed E-state index contributed by atoms with van der Waals surface area (Å²) in [7, 11) is 0. The standard InChI is InChI=1S/C27H28N6O3S2/c1-13-21(26-32-17-8-4-6-10-20(17)38-26)24(30-18-11-15(12-34)22(35)23(18)36)33-27(28-13)29-14(2)25-31-16-7-3-5-9-19(16)37-25/h3-10,14-15,18,22-23,34-36H,11-12H2,1-2H3,(H2,28,29,30,33)/t14-,15-,18?,22-,23+/m1/s1. The van der Waals surface area contributed by atoms with Gasteiger partial charge in [-0.25, -0.2) is 15.0 Å². The Morgan fingerprint density at radius 1 is 0.921 bits per heavy atom. The van der Waals surface area contributed by atoms with Crippen LogP contribution in [0.4, 0.5) is 11.8 Å². The van der Waals surface area contributed by atoms with Crippen molar-refractivity contribution in [3.8, 4) is 10.6 Å².